The van der Waals surface area contributed by atoms with Crippen LogP contribution in [0.3, 0.4) is 0 Å². The van der Waals surface area contributed by atoms with Crippen LogP contribution >= 0.6 is 0 Å². The van der Waals surface area contributed by atoms with E-state index in [-0.39, 0.29) is 88.0 Å². The van der Waals surface area contributed by atoms with E-state index in [4.69, 9.17) is 10.2 Å². The Morgan fingerprint density at radius 1 is 1.21 bits per heavy atom. The van der Waals surface area contributed by atoms with Gasteiger partial charge in [0, 0.05) is 6.42 Å². The summed E-state index contributed by atoms with van der Waals surface area (Å²) in [7, 11) is 0. The van der Waals surface area contributed by atoms with Crippen LogP contribution in [0.5, 0.6) is 0 Å². The molecule has 0 spiro atoms. The van der Waals surface area contributed by atoms with Gasteiger partial charge in [-0.2, -0.15) is 0 Å². The molecule has 3 N–H and O–H groups in total. The van der Waals surface area contributed by atoms with Gasteiger partial charge >= 0.3 is 57.4 Å². The van der Waals surface area contributed by atoms with Crippen LogP contribution in [0.4, 0.5) is 0 Å². The topological polar surface area (TPSA) is 127 Å². The van der Waals surface area contributed by atoms with Gasteiger partial charge in [-0.05, 0) is 19.8 Å². The van der Waals surface area contributed by atoms with Crippen molar-refractivity contribution in [1.29, 1.82) is 0 Å². The van der Waals surface area contributed by atoms with Crippen molar-refractivity contribution in [2.45, 2.75) is 26.2 Å². The van der Waals surface area contributed by atoms with E-state index in [9.17, 15) is 19.5 Å². The number of nitrogens with one attached hydrogen (secondary N) is 1. The number of nitrogens with zero attached hydrogens (tertiary/aromatic N) is 1. The van der Waals surface area contributed by atoms with E-state index in [0.29, 0.717) is 12.8 Å². The number of amides is 1. The van der Waals surface area contributed by atoms with Gasteiger partial charge in [-0.15, -0.1) is 0 Å². The number of aliphatic hydroxyl groups is 1. The third kappa shape index (κ3) is 13.0. The van der Waals surface area contributed by atoms with Crippen LogP contribution in [0, 0.1) is 0 Å². The number of quaternary nitrogens is 1. The average molecular weight is 369 g/mol. The normalized spacial score (nSPS) is 13.1. The standard InChI is InChI=1S/C15H26N2O6.K/c1-2-3-4-5-6-13(19)16-7-8-17(9-10-18,11-14(20)21)12-15(22)23;/h2-3,18H,4-12H2,1H3,(H2-,16,19,20,21,22,23);/q;+1/b3-2+;. The summed E-state index contributed by atoms with van der Waals surface area (Å²) in [4.78, 5) is 33.5. The first kappa shape index (κ1) is 25.9. The minimum absolute atomic E-state index is 0. The first-order valence-electron chi connectivity index (χ1n) is 7.60. The Kier molecular flexibility index (Phi) is 16.2. The number of aliphatic hydroxyl groups excluding tert-OH is 1. The van der Waals surface area contributed by atoms with Crippen molar-refractivity contribution in [3.63, 3.8) is 0 Å². The van der Waals surface area contributed by atoms with Gasteiger partial charge in [-0.25, -0.2) is 4.79 Å². The van der Waals surface area contributed by atoms with Gasteiger partial charge < -0.3 is 29.9 Å². The monoisotopic (exact) mass is 369 g/mol. The van der Waals surface area contributed by atoms with E-state index in [1.807, 2.05) is 19.1 Å². The average Bonchev–Trinajstić information content (AvgIpc) is 2.42. The Hall–Kier alpha value is -0.294. The minimum Gasteiger partial charge on any atom is -0.544 e. The maximum absolute atomic E-state index is 11.7. The molecule has 8 nitrogen and oxygen atoms in total. The van der Waals surface area contributed by atoms with E-state index in [0.717, 1.165) is 6.42 Å². The van der Waals surface area contributed by atoms with Crippen LogP contribution in [0.1, 0.15) is 26.2 Å². The van der Waals surface area contributed by atoms with Gasteiger partial charge in [0.25, 0.3) is 0 Å². The van der Waals surface area contributed by atoms with Crippen LogP contribution < -0.4 is 61.8 Å². The molecular weight excluding hydrogens is 343 g/mol. The van der Waals surface area contributed by atoms with E-state index in [2.05, 4.69) is 5.32 Å². The molecule has 0 saturated heterocycles. The van der Waals surface area contributed by atoms with E-state index in [1.165, 1.54) is 0 Å². The Labute approximate surface area is 184 Å². The summed E-state index contributed by atoms with van der Waals surface area (Å²) in [5.41, 5.74) is 0. The Bertz CT molecular complexity index is 412. The van der Waals surface area contributed by atoms with Crippen LogP contribution in [-0.4, -0.2) is 71.9 Å². The summed E-state index contributed by atoms with van der Waals surface area (Å²) in [5.74, 6) is -2.73. The maximum Gasteiger partial charge on any atom is 1.00 e. The van der Waals surface area contributed by atoms with Crippen LogP contribution in [0.15, 0.2) is 12.2 Å². The summed E-state index contributed by atoms with van der Waals surface area (Å²) < 4.78 is -0.368. The molecule has 0 radical (unpaired) electrons. The number of carboxylic acids is 2. The largest absolute Gasteiger partial charge is 1.00 e. The van der Waals surface area contributed by atoms with Gasteiger partial charge in [0.1, 0.15) is 13.1 Å². The Morgan fingerprint density at radius 3 is 2.38 bits per heavy atom. The number of carbonyl (C=O) groups excluding carboxylic acids is 2. The number of unbranched alkanes of at least 4 members (excludes halogenated alkanes) is 1. The molecule has 0 aromatic heterocycles. The zero-order chi connectivity index (χ0) is 17.7. The molecule has 1 amide bonds. The molecule has 0 heterocycles. The summed E-state index contributed by atoms with van der Waals surface area (Å²) >= 11 is 0. The third-order valence-electron chi connectivity index (χ3n) is 3.43. The first-order chi connectivity index (χ1) is 10.8. The Morgan fingerprint density at radius 2 is 1.88 bits per heavy atom. The second-order valence-corrected chi connectivity index (χ2v) is 5.41. The van der Waals surface area contributed by atoms with Crippen molar-refractivity contribution < 1.29 is 85.6 Å². The summed E-state index contributed by atoms with van der Waals surface area (Å²) in [6.07, 6.45) is 5.73. The van der Waals surface area contributed by atoms with Gasteiger partial charge in [0.05, 0.1) is 25.7 Å². The maximum atomic E-state index is 11.7. The second-order valence-electron chi connectivity index (χ2n) is 5.41. The molecule has 1 unspecified atom stereocenters. The number of carboxylic acid groups (broad SMARTS) is 2. The van der Waals surface area contributed by atoms with Crippen LogP contribution in [0.2, 0.25) is 0 Å². The summed E-state index contributed by atoms with van der Waals surface area (Å²) in [6.45, 7) is 0.786. The predicted molar refractivity (Wildman–Crippen MR) is 81.1 cm³/mol. The minimum atomic E-state index is -1.39. The molecule has 0 fully saturated rings. The van der Waals surface area contributed by atoms with Crippen LogP contribution in [0.25, 0.3) is 0 Å². The molecule has 0 aliphatic carbocycles. The van der Waals surface area contributed by atoms with E-state index in [1.54, 1.807) is 0 Å². The molecule has 24 heavy (non-hydrogen) atoms. The van der Waals surface area contributed by atoms with Gasteiger partial charge in [-0.3, -0.25) is 4.79 Å². The number of rotatable bonds is 13. The van der Waals surface area contributed by atoms with E-state index >= 15 is 0 Å². The van der Waals surface area contributed by atoms with Crippen molar-refractivity contribution in [2.24, 2.45) is 0 Å². The van der Waals surface area contributed by atoms with Crippen molar-refractivity contribution >= 4 is 17.8 Å². The molecule has 0 bridgehead atoms. The number of allylic oxidation sites excluding steroid dienone is 2. The van der Waals surface area contributed by atoms with Crippen molar-refractivity contribution in [2.75, 3.05) is 39.3 Å². The quantitative estimate of drug-likeness (QED) is 0.130. The summed E-state index contributed by atoms with van der Waals surface area (Å²) in [5, 5.41) is 31.6. The number of aliphatic carboxylic acids is 2. The smallest absolute Gasteiger partial charge is 0.544 e. The van der Waals surface area contributed by atoms with Crippen molar-refractivity contribution in [3.05, 3.63) is 12.2 Å². The zero-order valence-electron chi connectivity index (χ0n) is 14.5. The molecule has 0 aliphatic rings. The van der Waals surface area contributed by atoms with Crippen molar-refractivity contribution in [1.82, 2.24) is 5.32 Å². The van der Waals surface area contributed by atoms with Crippen molar-refractivity contribution in [3.8, 4) is 0 Å². The second kappa shape index (κ2) is 15.0. The molecule has 0 aromatic rings. The molecule has 1 atom stereocenters. The zero-order valence-corrected chi connectivity index (χ0v) is 17.6. The van der Waals surface area contributed by atoms with Gasteiger partial charge in [-0.1, -0.05) is 12.2 Å². The van der Waals surface area contributed by atoms with Gasteiger partial charge in [0.2, 0.25) is 5.91 Å². The first-order valence-corrected chi connectivity index (χ1v) is 7.60. The fourth-order valence-electron chi connectivity index (χ4n) is 2.32. The molecule has 9 heteroatoms. The molecule has 132 valence electrons. The molecular formula is C15H26KN2O6+. The fraction of sp³-hybridized carbons (Fsp3) is 0.667. The number of hydrogen-bond acceptors (Lipinski definition) is 5. The van der Waals surface area contributed by atoms with Crippen LogP contribution in [-0.2, 0) is 14.4 Å². The van der Waals surface area contributed by atoms with E-state index < -0.39 is 25.0 Å². The molecule has 0 saturated carbocycles. The molecule has 0 aromatic carbocycles. The van der Waals surface area contributed by atoms with Gasteiger partial charge in [0.15, 0.2) is 6.54 Å². The Balaban J connectivity index is 0. The summed E-state index contributed by atoms with van der Waals surface area (Å²) in [6, 6.07) is 0. The number of hydrogen-bond donors (Lipinski definition) is 3. The molecule has 0 rings (SSSR count). The predicted octanol–water partition coefficient (Wildman–Crippen LogP) is -4.50. The fourth-order valence-corrected chi connectivity index (χ4v) is 2.32. The third-order valence-corrected chi connectivity index (χ3v) is 3.43. The molecule has 0 aliphatic heterocycles. The number of carbonyl (C=O) groups is 3. The SMILES string of the molecule is C/C=C/CCCC(=O)NCC[N+](CCO)(CC(=O)[O-])CC(=O)O.[K+].